The van der Waals surface area contributed by atoms with E-state index in [9.17, 15) is 12.8 Å². The Bertz CT molecular complexity index is 773. The van der Waals surface area contributed by atoms with Gasteiger partial charge in [-0.1, -0.05) is 18.2 Å². The molecule has 110 valence electrons. The monoisotopic (exact) mass is 306 g/mol. The predicted octanol–water partition coefficient (Wildman–Crippen LogP) is 2.30. The molecule has 3 rings (SSSR count). The maximum atomic E-state index is 13.4. The highest BCUT2D eigenvalue weighted by Crippen LogP contribution is 2.32. The summed E-state index contributed by atoms with van der Waals surface area (Å²) in [5.41, 5.74) is 8.15. The summed E-state index contributed by atoms with van der Waals surface area (Å²) in [7, 11) is -3.53. The third kappa shape index (κ3) is 2.71. The first-order valence-corrected chi connectivity index (χ1v) is 8.20. The zero-order valence-electron chi connectivity index (χ0n) is 11.3. The average molecular weight is 306 g/mol. The van der Waals surface area contributed by atoms with E-state index in [4.69, 9.17) is 5.73 Å². The molecule has 2 aromatic carbocycles. The van der Waals surface area contributed by atoms with Gasteiger partial charge in [0, 0.05) is 12.2 Å². The predicted molar refractivity (Wildman–Crippen MR) is 80.9 cm³/mol. The Labute approximate surface area is 123 Å². The maximum absolute atomic E-state index is 13.4. The number of nitrogens with two attached hydrogens (primary N) is 1. The van der Waals surface area contributed by atoms with Crippen LogP contribution in [0.2, 0.25) is 0 Å². The third-order valence-corrected chi connectivity index (χ3v) is 5.31. The van der Waals surface area contributed by atoms with Gasteiger partial charge in [-0.3, -0.25) is 4.31 Å². The normalized spacial score (nSPS) is 14.2. The summed E-state index contributed by atoms with van der Waals surface area (Å²) in [5.74, 6) is -0.549. The van der Waals surface area contributed by atoms with Gasteiger partial charge in [-0.25, -0.2) is 12.8 Å². The first kappa shape index (κ1) is 13.9. The molecule has 0 aromatic heterocycles. The molecule has 0 atom stereocenters. The van der Waals surface area contributed by atoms with E-state index < -0.39 is 15.8 Å². The Morgan fingerprint density at radius 2 is 1.86 bits per heavy atom. The average Bonchev–Trinajstić information content (AvgIpc) is 2.85. The van der Waals surface area contributed by atoms with Gasteiger partial charge in [0.2, 0.25) is 10.0 Å². The molecule has 0 saturated carbocycles. The molecular formula is C15H15FN2O2S. The van der Waals surface area contributed by atoms with Crippen molar-refractivity contribution in [1.82, 2.24) is 0 Å². The second kappa shape index (κ2) is 5.04. The van der Waals surface area contributed by atoms with Crippen molar-refractivity contribution in [1.29, 1.82) is 0 Å². The van der Waals surface area contributed by atoms with Crippen molar-refractivity contribution in [2.45, 2.75) is 12.2 Å². The summed E-state index contributed by atoms with van der Waals surface area (Å²) in [5, 5.41) is 0. The summed E-state index contributed by atoms with van der Waals surface area (Å²) in [6, 6.07) is 11.0. The fraction of sp³-hybridized carbons (Fsp3) is 0.200. The summed E-state index contributed by atoms with van der Waals surface area (Å²) in [6.45, 7) is 0.357. The van der Waals surface area contributed by atoms with E-state index in [1.807, 2.05) is 0 Å². The molecule has 0 saturated heterocycles. The smallest absolute Gasteiger partial charge is 0.239 e. The van der Waals surface area contributed by atoms with Crippen LogP contribution in [0.5, 0.6) is 0 Å². The summed E-state index contributed by atoms with van der Waals surface area (Å²) in [4.78, 5) is 0. The Hall–Kier alpha value is -2.08. The van der Waals surface area contributed by atoms with Crippen molar-refractivity contribution in [3.63, 3.8) is 0 Å². The van der Waals surface area contributed by atoms with Gasteiger partial charge in [0.25, 0.3) is 0 Å². The van der Waals surface area contributed by atoms with E-state index in [2.05, 4.69) is 0 Å². The van der Waals surface area contributed by atoms with Crippen LogP contribution in [-0.2, 0) is 22.2 Å². The molecule has 2 N–H and O–H groups in total. The van der Waals surface area contributed by atoms with Crippen LogP contribution < -0.4 is 10.0 Å². The molecule has 21 heavy (non-hydrogen) atoms. The molecule has 0 unspecified atom stereocenters. The molecule has 1 aliphatic heterocycles. The lowest BCUT2D eigenvalue weighted by atomic mass is 10.2. The molecule has 1 aliphatic rings. The maximum Gasteiger partial charge on any atom is 0.239 e. The number of halogens is 1. The molecule has 1 heterocycles. The van der Waals surface area contributed by atoms with Crippen LogP contribution in [0.1, 0.15) is 11.1 Å². The van der Waals surface area contributed by atoms with E-state index in [-0.39, 0.29) is 5.75 Å². The number of benzene rings is 2. The molecule has 0 aliphatic carbocycles. The van der Waals surface area contributed by atoms with E-state index in [0.29, 0.717) is 29.9 Å². The van der Waals surface area contributed by atoms with Crippen molar-refractivity contribution in [2.75, 3.05) is 16.6 Å². The molecule has 0 bridgehead atoms. The Morgan fingerprint density at radius 1 is 1.14 bits per heavy atom. The highest BCUT2D eigenvalue weighted by molar-refractivity contribution is 7.92. The second-order valence-electron chi connectivity index (χ2n) is 5.09. The van der Waals surface area contributed by atoms with Crippen LogP contribution in [0.15, 0.2) is 42.5 Å². The number of hydrogen-bond acceptors (Lipinski definition) is 3. The quantitative estimate of drug-likeness (QED) is 0.885. The molecule has 0 amide bonds. The largest absolute Gasteiger partial charge is 0.399 e. The van der Waals surface area contributed by atoms with Crippen molar-refractivity contribution in [3.05, 3.63) is 59.4 Å². The fourth-order valence-electron chi connectivity index (χ4n) is 2.51. The number of hydrogen-bond donors (Lipinski definition) is 1. The number of nitrogens with zero attached hydrogens (tertiary/aromatic N) is 1. The van der Waals surface area contributed by atoms with Gasteiger partial charge in [0.1, 0.15) is 5.82 Å². The van der Waals surface area contributed by atoms with Gasteiger partial charge in [-0.2, -0.15) is 0 Å². The Kier molecular flexibility index (Phi) is 3.33. The van der Waals surface area contributed by atoms with E-state index in [1.54, 1.807) is 30.3 Å². The van der Waals surface area contributed by atoms with Gasteiger partial charge in [0.05, 0.1) is 11.4 Å². The molecule has 0 radical (unpaired) electrons. The van der Waals surface area contributed by atoms with E-state index in [0.717, 1.165) is 5.56 Å². The zero-order valence-corrected chi connectivity index (χ0v) is 12.1. The van der Waals surface area contributed by atoms with Crippen molar-refractivity contribution < 1.29 is 12.8 Å². The van der Waals surface area contributed by atoms with Gasteiger partial charge in [-0.05, 0) is 41.8 Å². The zero-order chi connectivity index (χ0) is 15.0. The lowest BCUT2D eigenvalue weighted by molar-refractivity contribution is 0.591. The van der Waals surface area contributed by atoms with Gasteiger partial charge >= 0.3 is 0 Å². The summed E-state index contributed by atoms with van der Waals surface area (Å²) >= 11 is 0. The molecule has 4 nitrogen and oxygen atoms in total. The van der Waals surface area contributed by atoms with Crippen molar-refractivity contribution in [3.8, 4) is 0 Å². The molecular weight excluding hydrogens is 291 g/mol. The highest BCUT2D eigenvalue weighted by Gasteiger charge is 2.29. The van der Waals surface area contributed by atoms with Crippen LogP contribution in [0.4, 0.5) is 15.8 Å². The van der Waals surface area contributed by atoms with Gasteiger partial charge in [-0.15, -0.1) is 0 Å². The molecule has 6 heteroatoms. The SMILES string of the molecule is Nc1ccc(CS(=O)(=O)N2CCc3ccc(F)cc32)cc1. The fourth-order valence-corrected chi connectivity index (χ4v) is 4.12. The lowest BCUT2D eigenvalue weighted by Gasteiger charge is -2.19. The number of sulfonamides is 1. The molecule has 2 aromatic rings. The Balaban J connectivity index is 1.90. The first-order chi connectivity index (χ1) is 9.95. The highest BCUT2D eigenvalue weighted by atomic mass is 32.2. The minimum absolute atomic E-state index is 0.122. The van der Waals surface area contributed by atoms with Gasteiger partial charge < -0.3 is 5.73 Å². The third-order valence-electron chi connectivity index (χ3n) is 3.56. The lowest BCUT2D eigenvalue weighted by Crippen LogP contribution is -2.30. The molecule has 0 fully saturated rings. The minimum atomic E-state index is -3.53. The van der Waals surface area contributed by atoms with E-state index in [1.165, 1.54) is 16.4 Å². The topological polar surface area (TPSA) is 63.4 Å². The van der Waals surface area contributed by atoms with Gasteiger partial charge in [0.15, 0.2) is 0 Å². The van der Waals surface area contributed by atoms with Crippen molar-refractivity contribution >= 4 is 21.4 Å². The van der Waals surface area contributed by atoms with Crippen LogP contribution in [-0.4, -0.2) is 15.0 Å². The first-order valence-electron chi connectivity index (χ1n) is 6.59. The standard InChI is InChI=1S/C15H15FN2O2S/c16-13-4-3-12-7-8-18(15(12)9-13)21(19,20)10-11-1-5-14(17)6-2-11/h1-6,9H,7-8,10,17H2. The van der Waals surface area contributed by atoms with Crippen LogP contribution in [0, 0.1) is 5.82 Å². The number of nitrogen functional groups attached to an aromatic ring is 1. The second-order valence-corrected chi connectivity index (χ2v) is 6.99. The number of rotatable bonds is 3. The van der Waals surface area contributed by atoms with Crippen molar-refractivity contribution in [2.24, 2.45) is 0 Å². The van der Waals surface area contributed by atoms with E-state index >= 15 is 0 Å². The summed E-state index contributed by atoms with van der Waals surface area (Å²) in [6.07, 6.45) is 0.608. The van der Waals surface area contributed by atoms with Crippen LogP contribution >= 0.6 is 0 Å². The van der Waals surface area contributed by atoms with Crippen LogP contribution in [0.25, 0.3) is 0 Å². The Morgan fingerprint density at radius 3 is 2.57 bits per heavy atom. The number of fused-ring (bicyclic) bond motifs is 1. The molecule has 0 spiro atoms. The summed E-state index contributed by atoms with van der Waals surface area (Å²) < 4.78 is 39.7. The van der Waals surface area contributed by atoms with Crippen LogP contribution in [0.3, 0.4) is 0 Å². The number of anilines is 2. The minimum Gasteiger partial charge on any atom is -0.399 e.